The Kier molecular flexibility index (Phi) is 6.31. The number of isocyanates is 3. The van der Waals surface area contributed by atoms with Gasteiger partial charge in [-0.2, -0.15) is 0 Å². The lowest BCUT2D eigenvalue weighted by Crippen LogP contribution is -2.41. The molecule has 0 aromatic heterocycles. The number of aliphatic imine (C=N–C) groups is 3. The summed E-state index contributed by atoms with van der Waals surface area (Å²) in [6, 6.07) is 0. The zero-order valence-corrected chi connectivity index (χ0v) is 9.15. The molecule has 0 aromatic carbocycles. The van der Waals surface area contributed by atoms with Crippen LogP contribution in [-0.4, -0.2) is 46.7 Å². The molecule has 98 valence electrons. The van der Waals surface area contributed by atoms with E-state index in [4.69, 9.17) is 0 Å². The van der Waals surface area contributed by atoms with Crippen LogP contribution >= 0.6 is 0 Å². The lowest BCUT2D eigenvalue weighted by Gasteiger charge is -2.19. The van der Waals surface area contributed by atoms with Crippen LogP contribution in [0.15, 0.2) is 15.0 Å². The Bertz CT molecular complexity index is 516. The third kappa shape index (κ3) is 5.31. The topological polar surface area (TPSA) is 160 Å². The van der Waals surface area contributed by atoms with E-state index in [-0.39, 0.29) is 0 Å². The fraction of sp³-hybridized carbons (Fsp3) is 0.333. The molecule has 1 N–H and O–H groups in total. The summed E-state index contributed by atoms with van der Waals surface area (Å²) in [5.74, 6) is -4.13. The highest BCUT2D eigenvalue weighted by molar-refractivity contribution is 5.98. The van der Waals surface area contributed by atoms with Gasteiger partial charge in [0, 0.05) is 0 Å². The molecule has 0 fully saturated rings. The van der Waals surface area contributed by atoms with Crippen LogP contribution in [0.1, 0.15) is 12.8 Å². The number of nitrogens with zero attached hydrogens (tertiary/aromatic N) is 3. The summed E-state index contributed by atoms with van der Waals surface area (Å²) in [5, 5.41) is 9.76. The van der Waals surface area contributed by atoms with E-state index in [1.165, 1.54) is 0 Å². The van der Waals surface area contributed by atoms with E-state index in [2.05, 4.69) is 15.0 Å². The van der Waals surface area contributed by atoms with Gasteiger partial charge in [0.1, 0.15) is 0 Å². The molecule has 3 amide bonds. The minimum atomic E-state index is -2.76. The van der Waals surface area contributed by atoms with Crippen molar-refractivity contribution in [3.8, 4) is 0 Å². The zero-order valence-electron chi connectivity index (χ0n) is 9.15. The van der Waals surface area contributed by atoms with Gasteiger partial charge >= 0.3 is 0 Å². The number of carbonyl (C=O) groups excluding carboxylic acids is 6. The Morgan fingerprint density at radius 3 is 1.53 bits per heavy atom. The highest BCUT2D eigenvalue weighted by Gasteiger charge is 2.40. The highest BCUT2D eigenvalue weighted by Crippen LogP contribution is 2.19. The van der Waals surface area contributed by atoms with Gasteiger partial charge in [0.2, 0.25) is 18.2 Å². The molecule has 0 aliphatic carbocycles. The molecule has 0 heterocycles. The standard InChI is InChI=1S/C9H5N3O7/c13-3-10-6(16)1-9(19,8(18)12-5-15)2-7(17)11-4-14/h19H,1-2H2. The Morgan fingerprint density at radius 2 is 1.21 bits per heavy atom. The van der Waals surface area contributed by atoms with Crippen LogP contribution in [0, 0.1) is 0 Å². The minimum absolute atomic E-state index is 0.811. The van der Waals surface area contributed by atoms with Gasteiger partial charge in [-0.15, -0.1) is 15.0 Å². The summed E-state index contributed by atoms with van der Waals surface area (Å²) < 4.78 is 0. The van der Waals surface area contributed by atoms with Crippen molar-refractivity contribution in [3.05, 3.63) is 0 Å². The molecule has 0 radical (unpaired) electrons. The van der Waals surface area contributed by atoms with E-state index < -0.39 is 36.2 Å². The van der Waals surface area contributed by atoms with Crippen molar-refractivity contribution < 1.29 is 33.9 Å². The summed E-state index contributed by atoms with van der Waals surface area (Å²) in [5.41, 5.74) is -2.76. The van der Waals surface area contributed by atoms with Crippen LogP contribution in [0.25, 0.3) is 0 Å². The summed E-state index contributed by atoms with van der Waals surface area (Å²) in [7, 11) is 0. The number of hydrogen-bond acceptors (Lipinski definition) is 7. The Labute approximate surface area is 104 Å². The molecule has 0 aliphatic rings. The van der Waals surface area contributed by atoms with Crippen molar-refractivity contribution in [1.82, 2.24) is 0 Å². The molecule has 0 rings (SSSR count). The van der Waals surface area contributed by atoms with E-state index in [1.807, 2.05) is 0 Å². The van der Waals surface area contributed by atoms with Gasteiger partial charge in [-0.3, -0.25) is 14.4 Å². The maximum atomic E-state index is 11.3. The Hall–Kier alpha value is -2.89. The first-order chi connectivity index (χ1) is 8.89. The van der Waals surface area contributed by atoms with Gasteiger partial charge < -0.3 is 5.11 Å². The lowest BCUT2D eigenvalue weighted by atomic mass is 9.94. The van der Waals surface area contributed by atoms with Gasteiger partial charge in [0.05, 0.1) is 12.8 Å². The fourth-order valence-corrected chi connectivity index (χ4v) is 1.04. The number of aliphatic hydroxyl groups is 1. The van der Waals surface area contributed by atoms with Gasteiger partial charge in [-0.1, -0.05) is 0 Å². The van der Waals surface area contributed by atoms with Crippen molar-refractivity contribution in [1.29, 1.82) is 0 Å². The molecule has 0 aromatic rings. The average molecular weight is 267 g/mol. The molecule has 0 spiro atoms. The van der Waals surface area contributed by atoms with Crippen LogP contribution in [-0.2, 0) is 28.8 Å². The van der Waals surface area contributed by atoms with Crippen molar-refractivity contribution >= 4 is 36.0 Å². The van der Waals surface area contributed by atoms with Gasteiger partial charge in [0.15, 0.2) is 5.60 Å². The van der Waals surface area contributed by atoms with E-state index in [0.29, 0.717) is 0 Å². The predicted molar refractivity (Wildman–Crippen MR) is 53.6 cm³/mol. The lowest BCUT2D eigenvalue weighted by molar-refractivity contribution is -0.145. The minimum Gasteiger partial charge on any atom is -0.379 e. The molecular formula is C9H5N3O7. The van der Waals surface area contributed by atoms with Crippen molar-refractivity contribution in [2.45, 2.75) is 18.4 Å². The molecule has 0 saturated heterocycles. The second-order valence-corrected chi connectivity index (χ2v) is 3.09. The first-order valence-electron chi connectivity index (χ1n) is 4.45. The summed E-state index contributed by atoms with van der Waals surface area (Å²) in [4.78, 5) is 70.6. The first-order valence-corrected chi connectivity index (χ1v) is 4.45. The van der Waals surface area contributed by atoms with Gasteiger partial charge in [0.25, 0.3) is 17.7 Å². The molecular weight excluding hydrogens is 262 g/mol. The molecule has 0 bridgehead atoms. The smallest absolute Gasteiger partial charge is 0.289 e. The van der Waals surface area contributed by atoms with Crippen LogP contribution in [0.4, 0.5) is 0 Å². The molecule has 0 aliphatic heterocycles. The van der Waals surface area contributed by atoms with Crippen molar-refractivity contribution in [3.63, 3.8) is 0 Å². The van der Waals surface area contributed by atoms with E-state index in [9.17, 15) is 33.9 Å². The maximum absolute atomic E-state index is 11.3. The van der Waals surface area contributed by atoms with E-state index in [0.717, 1.165) is 18.2 Å². The van der Waals surface area contributed by atoms with Crippen LogP contribution < -0.4 is 0 Å². The molecule has 0 saturated carbocycles. The molecule has 0 atom stereocenters. The second kappa shape index (κ2) is 7.44. The molecule has 10 nitrogen and oxygen atoms in total. The molecule has 10 heteroatoms. The summed E-state index contributed by atoms with van der Waals surface area (Å²) in [6.07, 6.45) is 0.301. The largest absolute Gasteiger partial charge is 0.379 e. The average Bonchev–Trinajstić information content (AvgIpc) is 2.29. The number of hydrogen-bond donors (Lipinski definition) is 1. The Balaban J connectivity index is 5.33. The van der Waals surface area contributed by atoms with Crippen LogP contribution in [0.2, 0.25) is 0 Å². The number of amides is 3. The van der Waals surface area contributed by atoms with Gasteiger partial charge in [-0.05, 0) is 0 Å². The monoisotopic (exact) mass is 267 g/mol. The van der Waals surface area contributed by atoms with E-state index >= 15 is 0 Å². The highest BCUT2D eigenvalue weighted by atomic mass is 16.3. The first kappa shape index (κ1) is 16.1. The summed E-state index contributed by atoms with van der Waals surface area (Å²) in [6.45, 7) is 0. The quantitative estimate of drug-likeness (QED) is 0.448. The maximum Gasteiger partial charge on any atom is 0.289 e. The Morgan fingerprint density at radius 1 is 0.842 bits per heavy atom. The number of carbonyl (C=O) groups is 3. The molecule has 19 heavy (non-hydrogen) atoms. The predicted octanol–water partition coefficient (Wildman–Crippen LogP) is -1.92. The summed E-state index contributed by atoms with van der Waals surface area (Å²) >= 11 is 0. The number of rotatable bonds is 5. The third-order valence-corrected chi connectivity index (χ3v) is 1.77. The normalized spacial score (nSPS) is 11.8. The van der Waals surface area contributed by atoms with Crippen molar-refractivity contribution in [2.24, 2.45) is 15.0 Å². The van der Waals surface area contributed by atoms with E-state index in [1.54, 1.807) is 0 Å². The fourth-order valence-electron chi connectivity index (χ4n) is 1.04. The second-order valence-electron chi connectivity index (χ2n) is 3.09. The SMILES string of the molecule is O=C=NC(=O)CC(O)(CC(=O)N=C=O)C(=O)N=C=O. The van der Waals surface area contributed by atoms with Crippen LogP contribution in [0.5, 0.6) is 0 Å². The van der Waals surface area contributed by atoms with Crippen molar-refractivity contribution in [2.75, 3.05) is 0 Å². The molecule has 0 unspecified atom stereocenters. The van der Waals surface area contributed by atoms with Gasteiger partial charge in [-0.25, -0.2) is 14.4 Å². The zero-order chi connectivity index (χ0) is 14.9. The third-order valence-electron chi connectivity index (χ3n) is 1.77. The van der Waals surface area contributed by atoms with Crippen LogP contribution in [0.3, 0.4) is 0 Å².